The topological polar surface area (TPSA) is 38.3 Å². The first-order valence-corrected chi connectivity index (χ1v) is 6.13. The number of hydrogen-bond donors (Lipinski definition) is 1. The Balaban J connectivity index is 2.01. The molecule has 1 aliphatic heterocycles. The van der Waals surface area contributed by atoms with Crippen LogP contribution < -0.4 is 5.32 Å². The normalized spacial score (nSPS) is 25.5. The molecule has 3 nitrogen and oxygen atoms in total. The average Bonchev–Trinajstić information content (AvgIpc) is 2.76. The van der Waals surface area contributed by atoms with Crippen LogP contribution in [0.2, 0.25) is 0 Å². The molecule has 0 radical (unpaired) electrons. The van der Waals surface area contributed by atoms with Crippen molar-refractivity contribution in [3.63, 3.8) is 0 Å². The maximum atomic E-state index is 12.0. The molecule has 1 aromatic rings. The second-order valence-corrected chi connectivity index (χ2v) is 5.06. The number of carbonyl (C=O) groups is 1. The number of alkyl halides is 1. The van der Waals surface area contributed by atoms with E-state index >= 15 is 0 Å². The second kappa shape index (κ2) is 5.07. The zero-order chi connectivity index (χ0) is 12.3. The zero-order valence-electron chi connectivity index (χ0n) is 9.78. The van der Waals surface area contributed by atoms with Gasteiger partial charge in [-0.1, -0.05) is 30.3 Å². The van der Waals surface area contributed by atoms with Gasteiger partial charge in [-0.15, -0.1) is 11.6 Å². The fourth-order valence-corrected chi connectivity index (χ4v) is 2.10. The van der Waals surface area contributed by atoms with Gasteiger partial charge in [0.2, 0.25) is 5.91 Å². The molecule has 4 heteroatoms. The third kappa shape index (κ3) is 2.99. The van der Waals surface area contributed by atoms with Crippen molar-refractivity contribution in [1.82, 2.24) is 5.32 Å². The van der Waals surface area contributed by atoms with E-state index in [1.807, 2.05) is 37.3 Å². The Morgan fingerprint density at radius 2 is 2.18 bits per heavy atom. The van der Waals surface area contributed by atoms with Crippen LogP contribution in [0.25, 0.3) is 0 Å². The Morgan fingerprint density at radius 1 is 1.47 bits per heavy atom. The molecule has 0 bridgehead atoms. The predicted octanol–water partition coefficient (Wildman–Crippen LogP) is 2.26. The van der Waals surface area contributed by atoms with Crippen molar-refractivity contribution in [3.05, 3.63) is 35.9 Å². The van der Waals surface area contributed by atoms with Gasteiger partial charge in [-0.25, -0.2) is 0 Å². The van der Waals surface area contributed by atoms with Crippen molar-refractivity contribution >= 4 is 17.5 Å². The molecule has 1 aliphatic rings. The Kier molecular flexibility index (Phi) is 3.69. The Morgan fingerprint density at radius 3 is 2.76 bits per heavy atom. The number of hydrogen-bond acceptors (Lipinski definition) is 2. The van der Waals surface area contributed by atoms with E-state index in [0.29, 0.717) is 13.2 Å². The van der Waals surface area contributed by atoms with Crippen molar-refractivity contribution in [2.24, 2.45) is 0 Å². The van der Waals surface area contributed by atoms with E-state index in [2.05, 4.69) is 5.32 Å². The van der Waals surface area contributed by atoms with E-state index in [1.165, 1.54) is 0 Å². The van der Waals surface area contributed by atoms with Gasteiger partial charge >= 0.3 is 0 Å². The van der Waals surface area contributed by atoms with Gasteiger partial charge < -0.3 is 10.1 Å². The molecule has 0 saturated carbocycles. The van der Waals surface area contributed by atoms with Crippen LogP contribution in [0.5, 0.6) is 0 Å². The van der Waals surface area contributed by atoms with E-state index in [-0.39, 0.29) is 11.4 Å². The van der Waals surface area contributed by atoms with Crippen molar-refractivity contribution < 1.29 is 9.53 Å². The van der Waals surface area contributed by atoms with Crippen LogP contribution in [-0.4, -0.2) is 24.7 Å². The Hall–Kier alpha value is -1.06. The highest BCUT2D eigenvalue weighted by molar-refractivity contribution is 6.30. The van der Waals surface area contributed by atoms with Gasteiger partial charge in [0.05, 0.1) is 12.1 Å². The number of ether oxygens (including phenoxy) is 1. The first-order chi connectivity index (χ1) is 8.11. The van der Waals surface area contributed by atoms with Crippen LogP contribution in [0.4, 0.5) is 0 Å². The van der Waals surface area contributed by atoms with Gasteiger partial charge in [-0.05, 0) is 18.9 Å². The molecule has 2 unspecified atom stereocenters. The van der Waals surface area contributed by atoms with Gasteiger partial charge in [0.25, 0.3) is 0 Å². The van der Waals surface area contributed by atoms with Crippen molar-refractivity contribution in [2.45, 2.75) is 24.3 Å². The molecular weight excluding hydrogens is 238 g/mol. The monoisotopic (exact) mass is 253 g/mol. The summed E-state index contributed by atoms with van der Waals surface area (Å²) in [6.45, 7) is 3.22. The SMILES string of the molecule is CC1(NC(=O)C(Cl)c2ccccc2)CCOC1. The molecular formula is C13H16ClNO2. The van der Waals surface area contributed by atoms with Gasteiger partial charge in [-0.3, -0.25) is 4.79 Å². The van der Waals surface area contributed by atoms with Crippen LogP contribution in [0.3, 0.4) is 0 Å². The highest BCUT2D eigenvalue weighted by Gasteiger charge is 2.33. The van der Waals surface area contributed by atoms with Crippen molar-refractivity contribution in [1.29, 1.82) is 0 Å². The summed E-state index contributed by atoms with van der Waals surface area (Å²) >= 11 is 6.14. The Bertz CT molecular complexity index is 388. The smallest absolute Gasteiger partial charge is 0.243 e. The summed E-state index contributed by atoms with van der Waals surface area (Å²) in [6, 6.07) is 9.35. The number of rotatable bonds is 3. The fourth-order valence-electron chi connectivity index (χ4n) is 1.90. The van der Waals surface area contributed by atoms with Gasteiger partial charge in [-0.2, -0.15) is 0 Å². The van der Waals surface area contributed by atoms with Crippen LogP contribution in [-0.2, 0) is 9.53 Å². The molecule has 2 atom stereocenters. The molecule has 1 fully saturated rings. The second-order valence-electron chi connectivity index (χ2n) is 4.63. The molecule has 1 N–H and O–H groups in total. The van der Waals surface area contributed by atoms with E-state index < -0.39 is 5.38 Å². The third-order valence-corrected chi connectivity index (χ3v) is 3.42. The highest BCUT2D eigenvalue weighted by atomic mass is 35.5. The summed E-state index contributed by atoms with van der Waals surface area (Å²) in [6.07, 6.45) is 0.830. The number of nitrogens with one attached hydrogen (secondary N) is 1. The lowest BCUT2D eigenvalue weighted by molar-refractivity contribution is -0.122. The van der Waals surface area contributed by atoms with Crippen LogP contribution >= 0.6 is 11.6 Å². The number of amides is 1. The molecule has 1 heterocycles. The number of benzene rings is 1. The fraction of sp³-hybridized carbons (Fsp3) is 0.462. The van der Waals surface area contributed by atoms with Gasteiger partial charge in [0.1, 0.15) is 5.38 Å². The summed E-state index contributed by atoms with van der Waals surface area (Å²) in [4.78, 5) is 12.0. The predicted molar refractivity (Wildman–Crippen MR) is 67.0 cm³/mol. The number of halogens is 1. The Labute approximate surface area is 106 Å². The average molecular weight is 254 g/mol. The standard InChI is InChI=1S/C13H16ClNO2/c1-13(7-8-17-9-13)15-12(16)11(14)10-5-3-2-4-6-10/h2-6,11H,7-9H2,1H3,(H,15,16). The molecule has 0 aromatic heterocycles. The summed E-state index contributed by atoms with van der Waals surface area (Å²) < 4.78 is 5.29. The first-order valence-electron chi connectivity index (χ1n) is 5.69. The minimum Gasteiger partial charge on any atom is -0.379 e. The van der Waals surface area contributed by atoms with E-state index in [9.17, 15) is 4.79 Å². The van der Waals surface area contributed by atoms with Gasteiger partial charge in [0, 0.05) is 6.61 Å². The molecule has 1 saturated heterocycles. The van der Waals surface area contributed by atoms with Crippen LogP contribution in [0.1, 0.15) is 24.3 Å². The van der Waals surface area contributed by atoms with E-state index in [1.54, 1.807) is 0 Å². The minimum atomic E-state index is -0.645. The van der Waals surface area contributed by atoms with Crippen LogP contribution in [0, 0.1) is 0 Å². The molecule has 0 spiro atoms. The lowest BCUT2D eigenvalue weighted by Crippen LogP contribution is -2.47. The molecule has 1 aromatic carbocycles. The summed E-state index contributed by atoms with van der Waals surface area (Å²) in [7, 11) is 0. The zero-order valence-corrected chi connectivity index (χ0v) is 10.5. The summed E-state index contributed by atoms with van der Waals surface area (Å²) in [5.41, 5.74) is 0.535. The summed E-state index contributed by atoms with van der Waals surface area (Å²) in [5.74, 6) is -0.161. The molecule has 1 amide bonds. The minimum absolute atomic E-state index is 0.161. The highest BCUT2D eigenvalue weighted by Crippen LogP contribution is 2.23. The van der Waals surface area contributed by atoms with Gasteiger partial charge in [0.15, 0.2) is 0 Å². The molecule has 17 heavy (non-hydrogen) atoms. The summed E-state index contributed by atoms with van der Waals surface area (Å²) in [5, 5.41) is 2.31. The lowest BCUT2D eigenvalue weighted by atomic mass is 10.0. The maximum Gasteiger partial charge on any atom is 0.243 e. The third-order valence-electron chi connectivity index (χ3n) is 2.97. The van der Waals surface area contributed by atoms with Crippen molar-refractivity contribution in [2.75, 3.05) is 13.2 Å². The largest absolute Gasteiger partial charge is 0.379 e. The molecule has 2 rings (SSSR count). The first kappa shape index (κ1) is 12.4. The molecule has 92 valence electrons. The van der Waals surface area contributed by atoms with E-state index in [4.69, 9.17) is 16.3 Å². The molecule has 0 aliphatic carbocycles. The maximum absolute atomic E-state index is 12.0. The van der Waals surface area contributed by atoms with Crippen molar-refractivity contribution in [3.8, 4) is 0 Å². The lowest BCUT2D eigenvalue weighted by Gasteiger charge is -2.25. The van der Waals surface area contributed by atoms with E-state index in [0.717, 1.165) is 12.0 Å². The number of carbonyl (C=O) groups excluding carboxylic acids is 1. The quantitative estimate of drug-likeness (QED) is 0.840. The van der Waals surface area contributed by atoms with Crippen LogP contribution in [0.15, 0.2) is 30.3 Å².